The number of likely N-dealkylation sites (tertiary alicyclic amines) is 1. The number of benzene rings is 1. The van der Waals surface area contributed by atoms with Crippen LogP contribution in [0.25, 0.3) is 0 Å². The van der Waals surface area contributed by atoms with E-state index in [0.29, 0.717) is 13.0 Å². The second kappa shape index (κ2) is 6.16. The van der Waals surface area contributed by atoms with Gasteiger partial charge in [0, 0.05) is 30.8 Å². The number of nitrogens with zero attached hydrogens (tertiary/aromatic N) is 1. The van der Waals surface area contributed by atoms with Crippen molar-refractivity contribution >= 4 is 5.91 Å². The second-order valence-corrected chi connectivity index (χ2v) is 8.03. The van der Waals surface area contributed by atoms with Crippen molar-refractivity contribution in [3.05, 3.63) is 35.9 Å². The number of aliphatic hydroxyl groups is 1. The molecule has 0 radical (unpaired) electrons. The van der Waals surface area contributed by atoms with Crippen LogP contribution in [-0.2, 0) is 4.79 Å². The number of nitrogens with one attached hydrogen (secondary N) is 1. The van der Waals surface area contributed by atoms with E-state index in [2.05, 4.69) is 17.4 Å². The lowest BCUT2D eigenvalue weighted by Crippen LogP contribution is -2.62. The van der Waals surface area contributed by atoms with Crippen LogP contribution in [0.4, 0.5) is 0 Å². The van der Waals surface area contributed by atoms with Gasteiger partial charge in [-0.05, 0) is 31.4 Å². The Morgan fingerprint density at radius 2 is 1.92 bits per heavy atom. The molecule has 2 N–H and O–H groups in total. The van der Waals surface area contributed by atoms with Crippen molar-refractivity contribution in [1.29, 1.82) is 0 Å². The number of carbonyl (C=O) groups is 1. The average Bonchev–Trinajstić information content (AvgIpc) is 3.20. The molecule has 1 amide bonds. The van der Waals surface area contributed by atoms with Gasteiger partial charge in [-0.3, -0.25) is 4.79 Å². The zero-order valence-corrected chi connectivity index (χ0v) is 14.3. The van der Waals surface area contributed by atoms with Gasteiger partial charge in [-0.1, -0.05) is 43.2 Å². The summed E-state index contributed by atoms with van der Waals surface area (Å²) < 4.78 is 0. The van der Waals surface area contributed by atoms with E-state index in [0.717, 1.165) is 38.9 Å². The van der Waals surface area contributed by atoms with Crippen molar-refractivity contribution in [3.63, 3.8) is 0 Å². The number of β-amino-alcohol motifs (C(OH)–C–C–N with tert-alkyl or cyclic N) is 1. The maximum atomic E-state index is 12.6. The van der Waals surface area contributed by atoms with Gasteiger partial charge in [-0.15, -0.1) is 0 Å². The molecule has 0 aromatic heterocycles. The first-order valence-electron chi connectivity index (χ1n) is 9.38. The largest absolute Gasteiger partial charge is 0.387 e. The predicted molar refractivity (Wildman–Crippen MR) is 93.7 cm³/mol. The predicted octanol–water partition coefficient (Wildman–Crippen LogP) is 2.29. The monoisotopic (exact) mass is 328 g/mol. The SMILES string of the molecule is O=C1C[C@@H](c2ccccc2)CN1CC1(O)CCNCC12CCCC2. The van der Waals surface area contributed by atoms with Gasteiger partial charge >= 0.3 is 0 Å². The van der Waals surface area contributed by atoms with E-state index in [4.69, 9.17) is 0 Å². The molecule has 1 aliphatic carbocycles. The summed E-state index contributed by atoms with van der Waals surface area (Å²) in [6.07, 6.45) is 5.90. The fourth-order valence-electron chi connectivity index (χ4n) is 5.18. The highest BCUT2D eigenvalue weighted by Crippen LogP contribution is 2.50. The van der Waals surface area contributed by atoms with Crippen LogP contribution in [0.1, 0.15) is 50.0 Å². The molecule has 4 heteroatoms. The first-order valence-corrected chi connectivity index (χ1v) is 9.38. The van der Waals surface area contributed by atoms with E-state index in [-0.39, 0.29) is 17.2 Å². The molecule has 3 fully saturated rings. The number of piperidine rings is 1. The molecule has 1 saturated carbocycles. The van der Waals surface area contributed by atoms with Crippen LogP contribution >= 0.6 is 0 Å². The van der Waals surface area contributed by atoms with Gasteiger partial charge in [0.15, 0.2) is 0 Å². The summed E-state index contributed by atoms with van der Waals surface area (Å²) in [5, 5.41) is 15.0. The van der Waals surface area contributed by atoms with E-state index < -0.39 is 5.60 Å². The number of rotatable bonds is 3. The Morgan fingerprint density at radius 3 is 2.67 bits per heavy atom. The molecular weight excluding hydrogens is 300 g/mol. The summed E-state index contributed by atoms with van der Waals surface area (Å²) in [4.78, 5) is 14.5. The van der Waals surface area contributed by atoms with Gasteiger partial charge in [-0.25, -0.2) is 0 Å². The molecule has 2 aliphatic heterocycles. The lowest BCUT2D eigenvalue weighted by atomic mass is 9.66. The summed E-state index contributed by atoms with van der Waals surface area (Å²) in [5.41, 5.74) is 0.480. The van der Waals surface area contributed by atoms with Crippen LogP contribution in [0.15, 0.2) is 30.3 Å². The standard InChI is InChI=1S/C20H28N2O2/c23-18-12-17(16-6-2-1-3-7-16)13-22(18)15-20(24)10-11-21-14-19(20)8-4-5-9-19/h1-3,6-7,17,21,24H,4-5,8-15H2/t17-,20?/m1/s1. The van der Waals surface area contributed by atoms with E-state index in [1.54, 1.807) is 0 Å². The summed E-state index contributed by atoms with van der Waals surface area (Å²) in [6, 6.07) is 10.3. The number of hydrogen-bond acceptors (Lipinski definition) is 3. The van der Waals surface area contributed by atoms with Crippen molar-refractivity contribution in [2.75, 3.05) is 26.2 Å². The van der Waals surface area contributed by atoms with Gasteiger partial charge in [0.25, 0.3) is 0 Å². The molecule has 130 valence electrons. The molecule has 1 aromatic carbocycles. The van der Waals surface area contributed by atoms with E-state index in [1.165, 1.54) is 18.4 Å². The number of hydrogen-bond donors (Lipinski definition) is 2. The Labute approximate surface area is 144 Å². The van der Waals surface area contributed by atoms with Crippen molar-refractivity contribution in [1.82, 2.24) is 10.2 Å². The maximum absolute atomic E-state index is 12.6. The quantitative estimate of drug-likeness (QED) is 0.895. The minimum absolute atomic E-state index is 0.0314. The molecule has 1 unspecified atom stereocenters. The van der Waals surface area contributed by atoms with Crippen LogP contribution in [-0.4, -0.2) is 47.7 Å². The molecule has 4 rings (SSSR count). The van der Waals surface area contributed by atoms with Gasteiger partial charge < -0.3 is 15.3 Å². The van der Waals surface area contributed by atoms with E-state index in [1.807, 2.05) is 23.1 Å². The molecule has 0 bridgehead atoms. The summed E-state index contributed by atoms with van der Waals surface area (Å²) >= 11 is 0. The van der Waals surface area contributed by atoms with Crippen molar-refractivity contribution in [2.45, 2.75) is 50.0 Å². The third kappa shape index (κ3) is 2.66. The first kappa shape index (κ1) is 16.1. The summed E-state index contributed by atoms with van der Waals surface area (Å²) in [6.45, 7) is 3.00. The minimum atomic E-state index is -0.726. The van der Waals surface area contributed by atoms with Gasteiger partial charge in [0.05, 0.1) is 12.1 Å². The zero-order chi connectivity index (χ0) is 16.6. The fourth-order valence-corrected chi connectivity index (χ4v) is 5.18. The smallest absolute Gasteiger partial charge is 0.223 e. The lowest BCUT2D eigenvalue weighted by molar-refractivity contribution is -0.143. The normalized spacial score (nSPS) is 32.6. The molecule has 24 heavy (non-hydrogen) atoms. The van der Waals surface area contributed by atoms with Crippen LogP contribution in [0.3, 0.4) is 0 Å². The summed E-state index contributed by atoms with van der Waals surface area (Å²) in [5.74, 6) is 0.465. The molecule has 2 saturated heterocycles. The van der Waals surface area contributed by atoms with Crippen LogP contribution < -0.4 is 5.32 Å². The third-order valence-corrected chi connectivity index (χ3v) is 6.66. The molecule has 1 spiro atoms. The second-order valence-electron chi connectivity index (χ2n) is 8.03. The Kier molecular flexibility index (Phi) is 4.13. The lowest BCUT2D eigenvalue weighted by Gasteiger charge is -2.50. The van der Waals surface area contributed by atoms with Crippen molar-refractivity contribution < 1.29 is 9.90 Å². The van der Waals surface area contributed by atoms with Crippen molar-refractivity contribution in [2.24, 2.45) is 5.41 Å². The van der Waals surface area contributed by atoms with E-state index in [9.17, 15) is 9.90 Å². The van der Waals surface area contributed by atoms with Crippen LogP contribution in [0.5, 0.6) is 0 Å². The molecule has 1 aromatic rings. The van der Waals surface area contributed by atoms with Crippen molar-refractivity contribution in [3.8, 4) is 0 Å². The first-order chi connectivity index (χ1) is 11.6. The molecule has 2 atom stereocenters. The zero-order valence-electron chi connectivity index (χ0n) is 14.3. The molecule has 3 aliphatic rings. The Hall–Kier alpha value is -1.39. The highest BCUT2D eigenvalue weighted by molar-refractivity contribution is 5.80. The third-order valence-electron chi connectivity index (χ3n) is 6.66. The highest BCUT2D eigenvalue weighted by Gasteiger charge is 2.54. The molecular formula is C20H28N2O2. The maximum Gasteiger partial charge on any atom is 0.223 e. The van der Waals surface area contributed by atoms with Crippen LogP contribution in [0.2, 0.25) is 0 Å². The average molecular weight is 328 g/mol. The Balaban J connectivity index is 1.51. The van der Waals surface area contributed by atoms with Gasteiger partial charge in [0.2, 0.25) is 5.91 Å². The topological polar surface area (TPSA) is 52.6 Å². The van der Waals surface area contributed by atoms with E-state index >= 15 is 0 Å². The van der Waals surface area contributed by atoms with Crippen LogP contribution in [0, 0.1) is 5.41 Å². The molecule has 2 heterocycles. The summed E-state index contributed by atoms with van der Waals surface area (Å²) in [7, 11) is 0. The van der Waals surface area contributed by atoms with Gasteiger partial charge in [0.1, 0.15) is 0 Å². The fraction of sp³-hybridized carbons (Fsp3) is 0.650. The highest BCUT2D eigenvalue weighted by atomic mass is 16.3. The Morgan fingerprint density at radius 1 is 1.17 bits per heavy atom. The number of amides is 1. The Bertz CT molecular complexity index is 597. The van der Waals surface area contributed by atoms with Gasteiger partial charge in [-0.2, -0.15) is 0 Å². The molecule has 4 nitrogen and oxygen atoms in total. The minimum Gasteiger partial charge on any atom is -0.387 e. The number of carbonyl (C=O) groups excluding carboxylic acids is 1.